The van der Waals surface area contributed by atoms with Crippen molar-refractivity contribution in [1.82, 2.24) is 9.80 Å². The second-order valence-electron chi connectivity index (χ2n) is 7.87. The monoisotopic (exact) mass is 344 g/mol. The van der Waals surface area contributed by atoms with Crippen LogP contribution < -0.4 is 0 Å². The van der Waals surface area contributed by atoms with E-state index in [1.807, 2.05) is 0 Å². The van der Waals surface area contributed by atoms with Gasteiger partial charge in [-0.3, -0.25) is 9.69 Å². The first-order chi connectivity index (χ1) is 10.8. The van der Waals surface area contributed by atoms with Gasteiger partial charge in [0.15, 0.2) is 0 Å². The Labute approximate surface area is 142 Å². The van der Waals surface area contributed by atoms with E-state index in [1.54, 1.807) is 41.5 Å². The molecular formula is C16H28N2O6. The maximum Gasteiger partial charge on any atom is 0.411 e. The lowest BCUT2D eigenvalue weighted by molar-refractivity contribution is -0.138. The number of likely N-dealkylation sites (tertiary alicyclic amines) is 1. The van der Waals surface area contributed by atoms with E-state index >= 15 is 0 Å². The summed E-state index contributed by atoms with van der Waals surface area (Å²) < 4.78 is 10.6. The molecular weight excluding hydrogens is 316 g/mol. The summed E-state index contributed by atoms with van der Waals surface area (Å²) >= 11 is 0. The first-order valence-corrected chi connectivity index (χ1v) is 7.98. The minimum Gasteiger partial charge on any atom is -0.480 e. The van der Waals surface area contributed by atoms with Gasteiger partial charge in [-0.1, -0.05) is 0 Å². The van der Waals surface area contributed by atoms with Gasteiger partial charge in [-0.25, -0.2) is 9.59 Å². The molecule has 1 unspecified atom stereocenters. The third-order valence-corrected chi connectivity index (χ3v) is 3.19. The van der Waals surface area contributed by atoms with E-state index in [0.29, 0.717) is 13.0 Å². The van der Waals surface area contributed by atoms with Gasteiger partial charge in [-0.05, 0) is 48.0 Å². The van der Waals surface area contributed by atoms with Gasteiger partial charge >= 0.3 is 18.2 Å². The maximum atomic E-state index is 12.3. The molecule has 2 amide bonds. The third kappa shape index (κ3) is 6.64. The molecule has 1 N–H and O–H groups in total. The summed E-state index contributed by atoms with van der Waals surface area (Å²) in [6.07, 6.45) is -0.684. The van der Waals surface area contributed by atoms with E-state index in [9.17, 15) is 14.4 Å². The number of carbonyl (C=O) groups is 3. The van der Waals surface area contributed by atoms with Gasteiger partial charge in [0.1, 0.15) is 17.7 Å². The summed E-state index contributed by atoms with van der Waals surface area (Å²) in [5.41, 5.74) is -1.33. The van der Waals surface area contributed by atoms with Crippen LogP contribution in [0.1, 0.15) is 48.0 Å². The number of hydrogen-bond donors (Lipinski definition) is 1. The van der Waals surface area contributed by atoms with Crippen molar-refractivity contribution in [1.29, 1.82) is 0 Å². The molecule has 0 saturated carbocycles. The van der Waals surface area contributed by atoms with Crippen molar-refractivity contribution in [3.63, 3.8) is 0 Å². The highest BCUT2D eigenvalue weighted by Gasteiger charge is 2.37. The van der Waals surface area contributed by atoms with Crippen molar-refractivity contribution < 1.29 is 29.0 Å². The number of carboxylic acids is 1. The number of carbonyl (C=O) groups excluding carboxylic acids is 2. The number of carboxylic acid groups (broad SMARTS) is 1. The number of nitrogens with zero attached hydrogens (tertiary/aromatic N) is 2. The zero-order chi connectivity index (χ0) is 18.7. The molecule has 24 heavy (non-hydrogen) atoms. The van der Waals surface area contributed by atoms with Gasteiger partial charge in [0.2, 0.25) is 0 Å². The molecule has 1 fully saturated rings. The summed E-state index contributed by atoms with van der Waals surface area (Å²) in [6.45, 7) is 10.6. The molecule has 138 valence electrons. The number of hydrogen-bond acceptors (Lipinski definition) is 5. The van der Waals surface area contributed by atoms with Crippen LogP contribution in [0.25, 0.3) is 0 Å². The molecule has 1 rings (SSSR count). The number of aliphatic carboxylic acids is 1. The highest BCUT2D eigenvalue weighted by atomic mass is 16.6. The molecule has 0 aliphatic carbocycles. The Balaban J connectivity index is 2.77. The Morgan fingerprint density at radius 2 is 1.62 bits per heavy atom. The van der Waals surface area contributed by atoms with Crippen LogP contribution in [0, 0.1) is 0 Å². The highest BCUT2D eigenvalue weighted by Crippen LogP contribution is 2.21. The molecule has 8 heteroatoms. The van der Waals surface area contributed by atoms with Gasteiger partial charge in [0.25, 0.3) is 0 Å². The standard InChI is InChI=1S/C16H28N2O6/c1-15(2,3)23-13(21)17-8-7-11(9-17)18(10-12(19)20)14(22)24-16(4,5)6/h11H,7-10H2,1-6H3,(H,19,20). The van der Waals surface area contributed by atoms with Crippen LogP contribution in [-0.2, 0) is 14.3 Å². The second kappa shape index (κ2) is 7.27. The lowest BCUT2D eigenvalue weighted by Crippen LogP contribution is -2.47. The quantitative estimate of drug-likeness (QED) is 0.844. The smallest absolute Gasteiger partial charge is 0.411 e. The molecule has 0 spiro atoms. The van der Waals surface area contributed by atoms with Crippen molar-refractivity contribution in [3.8, 4) is 0 Å². The lowest BCUT2D eigenvalue weighted by Gasteiger charge is -2.30. The number of rotatable bonds is 3. The summed E-state index contributed by atoms with van der Waals surface area (Å²) in [5.74, 6) is -1.13. The Kier molecular flexibility index (Phi) is 6.08. The van der Waals surface area contributed by atoms with Crippen LogP contribution in [-0.4, -0.2) is 69.9 Å². The average Bonchev–Trinajstić information content (AvgIpc) is 2.80. The largest absolute Gasteiger partial charge is 0.480 e. The van der Waals surface area contributed by atoms with E-state index in [-0.39, 0.29) is 6.54 Å². The number of ether oxygens (including phenoxy) is 2. The van der Waals surface area contributed by atoms with Crippen LogP contribution in [0.4, 0.5) is 9.59 Å². The fourth-order valence-electron chi connectivity index (χ4n) is 2.30. The Hall–Kier alpha value is -1.99. The molecule has 1 aliphatic heterocycles. The molecule has 1 heterocycles. The van der Waals surface area contributed by atoms with E-state index in [4.69, 9.17) is 14.6 Å². The Morgan fingerprint density at radius 3 is 2.08 bits per heavy atom. The van der Waals surface area contributed by atoms with Gasteiger partial charge in [0, 0.05) is 13.1 Å². The van der Waals surface area contributed by atoms with Crippen molar-refractivity contribution in [2.75, 3.05) is 19.6 Å². The van der Waals surface area contributed by atoms with Gasteiger partial charge in [0.05, 0.1) is 6.04 Å². The Morgan fingerprint density at radius 1 is 1.08 bits per heavy atom. The fraction of sp³-hybridized carbons (Fsp3) is 0.812. The lowest BCUT2D eigenvalue weighted by atomic mass is 10.2. The zero-order valence-electron chi connectivity index (χ0n) is 15.3. The summed E-state index contributed by atoms with van der Waals surface area (Å²) in [6, 6.07) is -0.413. The SMILES string of the molecule is CC(C)(C)OC(=O)N1CCC(N(CC(=O)O)C(=O)OC(C)(C)C)C1. The predicted octanol–water partition coefficient (Wildman–Crippen LogP) is 2.32. The van der Waals surface area contributed by atoms with E-state index in [1.165, 1.54) is 4.90 Å². The Bertz CT molecular complexity index is 492. The highest BCUT2D eigenvalue weighted by molar-refractivity contribution is 5.77. The van der Waals surface area contributed by atoms with Crippen molar-refractivity contribution >= 4 is 18.2 Å². The summed E-state index contributed by atoms with van der Waals surface area (Å²) in [4.78, 5) is 38.1. The third-order valence-electron chi connectivity index (χ3n) is 3.19. The second-order valence-corrected chi connectivity index (χ2v) is 7.87. The first kappa shape index (κ1) is 20.1. The van der Waals surface area contributed by atoms with Crippen molar-refractivity contribution in [3.05, 3.63) is 0 Å². The molecule has 1 saturated heterocycles. The molecule has 8 nitrogen and oxygen atoms in total. The van der Waals surface area contributed by atoms with Crippen molar-refractivity contribution in [2.24, 2.45) is 0 Å². The van der Waals surface area contributed by atoms with Gasteiger partial charge in [-0.2, -0.15) is 0 Å². The minimum absolute atomic E-state index is 0.224. The summed E-state index contributed by atoms with van der Waals surface area (Å²) in [7, 11) is 0. The van der Waals surface area contributed by atoms with E-state index in [0.717, 1.165) is 4.90 Å². The van der Waals surface area contributed by atoms with Crippen LogP contribution in [0.2, 0.25) is 0 Å². The van der Waals surface area contributed by atoms with Crippen LogP contribution >= 0.6 is 0 Å². The average molecular weight is 344 g/mol. The predicted molar refractivity (Wildman–Crippen MR) is 86.8 cm³/mol. The maximum absolute atomic E-state index is 12.3. The normalized spacial score (nSPS) is 18.2. The van der Waals surface area contributed by atoms with E-state index in [2.05, 4.69) is 0 Å². The topological polar surface area (TPSA) is 96.4 Å². The summed E-state index contributed by atoms with van der Waals surface area (Å²) in [5, 5.41) is 9.06. The molecule has 0 radical (unpaired) electrons. The van der Waals surface area contributed by atoms with E-state index < -0.39 is 41.9 Å². The van der Waals surface area contributed by atoms with Crippen molar-refractivity contribution in [2.45, 2.75) is 65.2 Å². The van der Waals surface area contributed by atoms with Gasteiger partial charge < -0.3 is 19.5 Å². The molecule has 0 aromatic rings. The first-order valence-electron chi connectivity index (χ1n) is 7.98. The number of amides is 2. The molecule has 1 aliphatic rings. The fourth-order valence-corrected chi connectivity index (χ4v) is 2.30. The molecule has 0 aromatic heterocycles. The van der Waals surface area contributed by atoms with Crippen LogP contribution in [0.5, 0.6) is 0 Å². The molecule has 0 aromatic carbocycles. The molecule has 1 atom stereocenters. The van der Waals surface area contributed by atoms with Gasteiger partial charge in [-0.15, -0.1) is 0 Å². The zero-order valence-corrected chi connectivity index (χ0v) is 15.3. The minimum atomic E-state index is -1.13. The molecule has 0 bridgehead atoms. The van der Waals surface area contributed by atoms with Crippen LogP contribution in [0.15, 0.2) is 0 Å². The van der Waals surface area contributed by atoms with Crippen LogP contribution in [0.3, 0.4) is 0 Å².